The first kappa shape index (κ1) is 16.7. The van der Waals surface area contributed by atoms with Gasteiger partial charge in [-0.2, -0.15) is 10.4 Å². The van der Waals surface area contributed by atoms with Gasteiger partial charge in [-0.05, 0) is 30.7 Å². The zero-order valence-corrected chi connectivity index (χ0v) is 13.3. The van der Waals surface area contributed by atoms with Crippen molar-refractivity contribution in [2.45, 2.75) is 26.3 Å². The molecule has 7 heteroatoms. The number of rotatable bonds is 5. The molecule has 1 heterocycles. The molecule has 2 rings (SSSR count). The fourth-order valence-corrected chi connectivity index (χ4v) is 2.14. The van der Waals surface area contributed by atoms with E-state index in [-0.39, 0.29) is 16.3 Å². The van der Waals surface area contributed by atoms with Crippen LogP contribution in [0, 0.1) is 11.3 Å². The first-order chi connectivity index (χ1) is 11.0. The Hall–Kier alpha value is -2.65. The summed E-state index contributed by atoms with van der Waals surface area (Å²) in [6, 6.07) is 9.24. The average molecular weight is 331 g/mol. The fourth-order valence-electron chi connectivity index (χ4n) is 1.92. The minimum Gasteiger partial charge on any atom is -0.321 e. The summed E-state index contributed by atoms with van der Waals surface area (Å²) in [5, 5.41) is 15.8. The molecule has 0 bridgehead atoms. The molecule has 0 spiro atoms. The molecule has 1 aromatic heterocycles. The number of nitrogens with one attached hydrogen (secondary N) is 1. The third kappa shape index (κ3) is 4.18. The number of carbonyl (C=O) groups excluding carboxylic acids is 1. The predicted octanol–water partition coefficient (Wildman–Crippen LogP) is 2.82. The summed E-state index contributed by atoms with van der Waals surface area (Å²) in [5.41, 5.74) is 0.681. The molecular formula is C16H15ClN4O2. The predicted molar refractivity (Wildman–Crippen MR) is 87.5 cm³/mol. The molecule has 0 saturated carbocycles. The van der Waals surface area contributed by atoms with Crippen LogP contribution in [0.2, 0.25) is 5.02 Å². The fraction of sp³-hybridized carbons (Fsp3) is 0.250. The molecule has 1 amide bonds. The lowest BCUT2D eigenvalue weighted by molar-refractivity contribution is 0.101. The summed E-state index contributed by atoms with van der Waals surface area (Å²) in [6.07, 6.45) is 1.73. The Labute approximate surface area is 138 Å². The minimum absolute atomic E-state index is 0.140. The van der Waals surface area contributed by atoms with E-state index in [0.717, 1.165) is 12.8 Å². The van der Waals surface area contributed by atoms with Crippen molar-refractivity contribution in [3.05, 3.63) is 57.0 Å². The molecule has 0 unspecified atom stereocenters. The number of nitrogens with zero attached hydrogens (tertiary/aromatic N) is 3. The van der Waals surface area contributed by atoms with E-state index < -0.39 is 5.91 Å². The van der Waals surface area contributed by atoms with Gasteiger partial charge >= 0.3 is 0 Å². The number of benzene rings is 1. The van der Waals surface area contributed by atoms with Crippen LogP contribution in [0.1, 0.15) is 35.8 Å². The Morgan fingerprint density at radius 2 is 2.17 bits per heavy atom. The summed E-state index contributed by atoms with van der Waals surface area (Å²) in [5.74, 6) is -0.448. The summed E-state index contributed by atoms with van der Waals surface area (Å²) in [4.78, 5) is 23.9. The number of aryl methyl sites for hydroxylation is 1. The molecule has 6 nitrogen and oxygen atoms in total. The van der Waals surface area contributed by atoms with Gasteiger partial charge in [-0.3, -0.25) is 9.59 Å². The Kier molecular flexibility index (Phi) is 5.50. The van der Waals surface area contributed by atoms with Crippen LogP contribution >= 0.6 is 11.6 Å². The molecule has 118 valence electrons. The smallest absolute Gasteiger partial charge is 0.276 e. The Morgan fingerprint density at radius 1 is 1.39 bits per heavy atom. The summed E-state index contributed by atoms with van der Waals surface area (Å²) < 4.78 is 1.28. The van der Waals surface area contributed by atoms with Crippen molar-refractivity contribution in [2.75, 3.05) is 5.32 Å². The van der Waals surface area contributed by atoms with Crippen molar-refractivity contribution in [1.29, 1.82) is 5.26 Å². The van der Waals surface area contributed by atoms with Crippen LogP contribution in [0.4, 0.5) is 5.69 Å². The van der Waals surface area contributed by atoms with Gasteiger partial charge in [0.15, 0.2) is 0 Å². The van der Waals surface area contributed by atoms with Crippen LogP contribution in [0.25, 0.3) is 0 Å². The largest absolute Gasteiger partial charge is 0.321 e. The van der Waals surface area contributed by atoms with Gasteiger partial charge in [0.25, 0.3) is 11.5 Å². The Balaban J connectivity index is 2.19. The van der Waals surface area contributed by atoms with E-state index in [1.54, 1.807) is 6.07 Å². The van der Waals surface area contributed by atoms with Gasteiger partial charge in [-0.25, -0.2) is 4.68 Å². The minimum atomic E-state index is -0.448. The van der Waals surface area contributed by atoms with E-state index in [4.69, 9.17) is 16.9 Å². The lowest BCUT2D eigenvalue weighted by atomic mass is 10.2. The summed E-state index contributed by atoms with van der Waals surface area (Å²) in [6.45, 7) is 2.48. The Bertz CT molecular complexity index is 824. The van der Waals surface area contributed by atoms with Gasteiger partial charge in [0.1, 0.15) is 11.8 Å². The van der Waals surface area contributed by atoms with Crippen molar-refractivity contribution in [1.82, 2.24) is 9.78 Å². The molecule has 0 aliphatic rings. The summed E-state index contributed by atoms with van der Waals surface area (Å²) >= 11 is 5.93. The third-order valence-corrected chi connectivity index (χ3v) is 3.48. The van der Waals surface area contributed by atoms with Gasteiger partial charge < -0.3 is 5.32 Å². The monoisotopic (exact) mass is 330 g/mol. The molecule has 23 heavy (non-hydrogen) atoms. The number of anilines is 1. The van der Waals surface area contributed by atoms with Gasteiger partial charge in [0.2, 0.25) is 0 Å². The first-order valence-corrected chi connectivity index (χ1v) is 7.52. The van der Waals surface area contributed by atoms with Gasteiger partial charge in [-0.1, -0.05) is 24.9 Å². The highest BCUT2D eigenvalue weighted by Crippen LogP contribution is 2.20. The maximum atomic E-state index is 12.2. The van der Waals surface area contributed by atoms with Crippen LogP contribution in [0.3, 0.4) is 0 Å². The normalized spacial score (nSPS) is 10.1. The van der Waals surface area contributed by atoms with Crippen LogP contribution < -0.4 is 10.9 Å². The van der Waals surface area contributed by atoms with E-state index >= 15 is 0 Å². The van der Waals surface area contributed by atoms with Crippen LogP contribution in [0.5, 0.6) is 0 Å². The third-order valence-electron chi connectivity index (χ3n) is 3.17. The first-order valence-electron chi connectivity index (χ1n) is 7.14. The molecule has 0 fully saturated rings. The number of amides is 1. The number of nitriles is 1. The maximum absolute atomic E-state index is 12.2. The second kappa shape index (κ2) is 7.56. The van der Waals surface area contributed by atoms with Crippen LogP contribution in [-0.4, -0.2) is 15.7 Å². The zero-order valence-electron chi connectivity index (χ0n) is 12.5. The van der Waals surface area contributed by atoms with E-state index in [2.05, 4.69) is 10.4 Å². The maximum Gasteiger partial charge on any atom is 0.276 e. The quantitative estimate of drug-likeness (QED) is 0.913. The topological polar surface area (TPSA) is 87.8 Å². The number of aromatic nitrogens is 2. The van der Waals surface area contributed by atoms with E-state index in [9.17, 15) is 9.59 Å². The molecule has 0 aliphatic heterocycles. The second-order valence-electron chi connectivity index (χ2n) is 4.89. The van der Waals surface area contributed by atoms with Crippen molar-refractivity contribution in [3.63, 3.8) is 0 Å². The lowest BCUT2D eigenvalue weighted by Gasteiger charge is -2.08. The molecule has 0 aliphatic carbocycles. The van der Waals surface area contributed by atoms with Gasteiger partial charge in [-0.15, -0.1) is 0 Å². The molecule has 0 radical (unpaired) electrons. The van der Waals surface area contributed by atoms with Crippen molar-refractivity contribution in [2.24, 2.45) is 0 Å². The van der Waals surface area contributed by atoms with E-state index in [0.29, 0.717) is 17.8 Å². The average Bonchev–Trinajstić information content (AvgIpc) is 2.54. The molecule has 1 N–H and O–H groups in total. The number of hydrogen-bond donors (Lipinski definition) is 1. The van der Waals surface area contributed by atoms with Gasteiger partial charge in [0.05, 0.1) is 10.6 Å². The van der Waals surface area contributed by atoms with Crippen molar-refractivity contribution < 1.29 is 4.79 Å². The highest BCUT2D eigenvalue weighted by atomic mass is 35.5. The molecular weight excluding hydrogens is 316 g/mol. The Morgan fingerprint density at radius 3 is 2.83 bits per heavy atom. The van der Waals surface area contributed by atoms with E-state index in [1.807, 2.05) is 13.0 Å². The molecule has 1 aromatic carbocycles. The number of carbonyl (C=O) groups is 1. The number of unbranched alkanes of at least 4 members (excludes halogenated alkanes) is 1. The molecule has 0 saturated heterocycles. The second-order valence-corrected chi connectivity index (χ2v) is 5.30. The standard InChI is InChI=1S/C16H15ClN4O2/c1-2-3-8-21-15(22)7-6-14(20-21)16(23)19-12-5-4-11(10-18)13(17)9-12/h4-7,9H,2-3,8H2,1H3,(H,19,23). The molecule has 0 atom stereocenters. The zero-order chi connectivity index (χ0) is 16.8. The number of hydrogen-bond acceptors (Lipinski definition) is 4. The van der Waals surface area contributed by atoms with Crippen molar-refractivity contribution >= 4 is 23.2 Å². The van der Waals surface area contributed by atoms with Crippen LogP contribution in [-0.2, 0) is 6.54 Å². The summed E-state index contributed by atoms with van der Waals surface area (Å²) in [7, 11) is 0. The lowest BCUT2D eigenvalue weighted by Crippen LogP contribution is -2.26. The van der Waals surface area contributed by atoms with Gasteiger partial charge in [0, 0.05) is 18.3 Å². The van der Waals surface area contributed by atoms with E-state index in [1.165, 1.54) is 28.9 Å². The van der Waals surface area contributed by atoms with Crippen molar-refractivity contribution in [3.8, 4) is 6.07 Å². The number of halogens is 1. The molecule has 2 aromatic rings. The van der Waals surface area contributed by atoms with Crippen LogP contribution in [0.15, 0.2) is 35.1 Å². The highest BCUT2D eigenvalue weighted by Gasteiger charge is 2.11. The highest BCUT2D eigenvalue weighted by molar-refractivity contribution is 6.32. The SMILES string of the molecule is CCCCn1nc(C(=O)Nc2ccc(C#N)c(Cl)c2)ccc1=O.